The topological polar surface area (TPSA) is 43.1 Å². The number of halogens is 1. The van der Waals surface area contributed by atoms with Gasteiger partial charge in [-0.1, -0.05) is 19.3 Å². The summed E-state index contributed by atoms with van der Waals surface area (Å²) in [5, 5.41) is 2.02. The van der Waals surface area contributed by atoms with Crippen molar-refractivity contribution in [3.8, 4) is 0 Å². The normalized spacial score (nSPS) is 25.5. The lowest BCUT2D eigenvalue weighted by Gasteiger charge is -2.19. The molecule has 0 radical (unpaired) electrons. The molecule has 2 N–H and O–H groups in total. The van der Waals surface area contributed by atoms with Gasteiger partial charge in [-0.3, -0.25) is 4.79 Å². The molecule has 1 aromatic rings. The molecule has 1 aliphatic rings. The highest BCUT2D eigenvalue weighted by molar-refractivity contribution is 9.10. The molecule has 1 fully saturated rings. The predicted octanol–water partition coefficient (Wildman–Crippen LogP) is 3.53. The van der Waals surface area contributed by atoms with Crippen molar-refractivity contribution >= 4 is 33.0 Å². The molecular weight excluding hydrogens is 298 g/mol. The second-order valence-corrected chi connectivity index (χ2v) is 6.69. The van der Waals surface area contributed by atoms with Crippen molar-refractivity contribution in [2.24, 2.45) is 11.7 Å². The van der Waals surface area contributed by atoms with Crippen LogP contribution in [0.3, 0.4) is 0 Å². The third-order valence-corrected chi connectivity index (χ3v) is 5.15. The Balaban J connectivity index is 1.98. The lowest BCUT2D eigenvalue weighted by atomic mass is 9.89. The van der Waals surface area contributed by atoms with Crippen LogP contribution >= 0.6 is 27.3 Å². The van der Waals surface area contributed by atoms with Crippen LogP contribution in [-0.2, 0) is 11.2 Å². The fourth-order valence-corrected chi connectivity index (χ4v) is 3.95. The van der Waals surface area contributed by atoms with E-state index in [-0.39, 0.29) is 12.0 Å². The van der Waals surface area contributed by atoms with E-state index in [4.69, 9.17) is 5.73 Å². The minimum atomic E-state index is 0.0772. The van der Waals surface area contributed by atoms with Gasteiger partial charge in [0, 0.05) is 33.1 Å². The highest BCUT2D eigenvalue weighted by Crippen LogP contribution is 2.26. The minimum absolute atomic E-state index is 0.0772. The van der Waals surface area contributed by atoms with Crippen molar-refractivity contribution in [3.05, 3.63) is 20.8 Å². The maximum absolute atomic E-state index is 12.3. The highest BCUT2D eigenvalue weighted by Gasteiger charge is 2.26. The number of carbonyl (C=O) groups excluding carboxylic acids is 1. The summed E-state index contributed by atoms with van der Waals surface area (Å²) in [4.78, 5) is 13.4. The summed E-state index contributed by atoms with van der Waals surface area (Å²) >= 11 is 5.06. The van der Waals surface area contributed by atoms with Gasteiger partial charge in [-0.05, 0) is 34.8 Å². The Labute approximate surface area is 115 Å². The van der Waals surface area contributed by atoms with E-state index in [1.54, 1.807) is 11.3 Å². The number of hydrogen-bond acceptors (Lipinski definition) is 3. The highest BCUT2D eigenvalue weighted by atomic mass is 79.9. The number of nitrogens with two attached hydrogens (primary N) is 1. The van der Waals surface area contributed by atoms with E-state index in [0.717, 1.165) is 28.6 Å². The van der Waals surface area contributed by atoms with E-state index in [9.17, 15) is 4.79 Å². The molecule has 4 heteroatoms. The van der Waals surface area contributed by atoms with Crippen LogP contribution in [0.5, 0.6) is 0 Å². The van der Waals surface area contributed by atoms with Crippen LogP contribution in [0, 0.1) is 5.92 Å². The van der Waals surface area contributed by atoms with Crippen molar-refractivity contribution in [1.82, 2.24) is 0 Å². The number of Topliss-reactive ketones (excluding diaryl/α,β-unsaturated/α-hetero) is 1. The molecule has 1 aliphatic carbocycles. The number of ketones is 1. The predicted molar refractivity (Wildman–Crippen MR) is 75.3 cm³/mol. The van der Waals surface area contributed by atoms with Crippen LogP contribution < -0.4 is 5.73 Å². The van der Waals surface area contributed by atoms with Gasteiger partial charge in [-0.15, -0.1) is 11.3 Å². The van der Waals surface area contributed by atoms with Crippen molar-refractivity contribution in [2.45, 2.75) is 44.6 Å². The van der Waals surface area contributed by atoms with Crippen LogP contribution in [-0.4, -0.2) is 11.8 Å². The van der Waals surface area contributed by atoms with Gasteiger partial charge in [-0.25, -0.2) is 0 Å². The average Bonchev–Trinajstić information content (AvgIpc) is 2.57. The number of thiophene rings is 1. The standard InChI is InChI=1S/C13H18BrNOS/c14-9-6-10(17-8-9)7-13(16)11-4-2-1-3-5-12(11)15/h6,8,11-12H,1-5,7,15H2. The summed E-state index contributed by atoms with van der Waals surface area (Å²) in [5.74, 6) is 0.409. The molecule has 1 heterocycles. The van der Waals surface area contributed by atoms with Crippen LogP contribution in [0.15, 0.2) is 15.9 Å². The molecule has 0 spiro atoms. The van der Waals surface area contributed by atoms with Gasteiger partial charge in [-0.2, -0.15) is 0 Å². The molecular formula is C13H18BrNOS. The molecule has 1 saturated carbocycles. The SMILES string of the molecule is NC1CCCCCC1C(=O)Cc1cc(Br)cs1. The zero-order valence-corrected chi connectivity index (χ0v) is 12.2. The molecule has 2 nitrogen and oxygen atoms in total. The molecule has 0 aromatic carbocycles. The maximum Gasteiger partial charge on any atom is 0.142 e. The smallest absolute Gasteiger partial charge is 0.142 e. The Morgan fingerprint density at radius 2 is 2.18 bits per heavy atom. The van der Waals surface area contributed by atoms with Gasteiger partial charge in [0.2, 0.25) is 0 Å². The Bertz CT molecular complexity index is 391. The summed E-state index contributed by atoms with van der Waals surface area (Å²) in [6.45, 7) is 0. The van der Waals surface area contributed by atoms with Crippen molar-refractivity contribution in [1.29, 1.82) is 0 Å². The van der Waals surface area contributed by atoms with Crippen molar-refractivity contribution in [2.75, 3.05) is 0 Å². The molecule has 17 heavy (non-hydrogen) atoms. The van der Waals surface area contributed by atoms with Gasteiger partial charge >= 0.3 is 0 Å². The van der Waals surface area contributed by atoms with Gasteiger partial charge in [0.05, 0.1) is 0 Å². The second kappa shape index (κ2) is 6.12. The third-order valence-electron chi connectivity index (χ3n) is 3.45. The van der Waals surface area contributed by atoms with Crippen LogP contribution in [0.4, 0.5) is 0 Å². The molecule has 2 unspecified atom stereocenters. The van der Waals surface area contributed by atoms with Crippen LogP contribution in [0.2, 0.25) is 0 Å². The zero-order valence-electron chi connectivity index (χ0n) is 9.82. The summed E-state index contributed by atoms with van der Waals surface area (Å²) < 4.78 is 1.07. The van der Waals surface area contributed by atoms with E-state index < -0.39 is 0 Å². The summed E-state index contributed by atoms with van der Waals surface area (Å²) in [6, 6.07) is 2.11. The van der Waals surface area contributed by atoms with E-state index in [1.165, 1.54) is 12.8 Å². The Hall–Kier alpha value is -0.190. The fraction of sp³-hybridized carbons (Fsp3) is 0.615. The first kappa shape index (κ1) is 13.2. The average molecular weight is 316 g/mol. The lowest BCUT2D eigenvalue weighted by Crippen LogP contribution is -2.35. The molecule has 0 saturated heterocycles. The summed E-state index contributed by atoms with van der Waals surface area (Å²) in [6.07, 6.45) is 6.08. The Morgan fingerprint density at radius 3 is 2.88 bits per heavy atom. The first-order valence-corrected chi connectivity index (χ1v) is 7.85. The van der Waals surface area contributed by atoms with Gasteiger partial charge in [0.1, 0.15) is 5.78 Å². The van der Waals surface area contributed by atoms with E-state index >= 15 is 0 Å². The van der Waals surface area contributed by atoms with Gasteiger partial charge in [0.15, 0.2) is 0 Å². The molecule has 0 amide bonds. The molecule has 0 aliphatic heterocycles. The Morgan fingerprint density at radius 1 is 1.41 bits per heavy atom. The van der Waals surface area contributed by atoms with Crippen molar-refractivity contribution < 1.29 is 4.79 Å². The summed E-state index contributed by atoms with van der Waals surface area (Å²) in [5.41, 5.74) is 6.11. The van der Waals surface area contributed by atoms with Crippen LogP contribution in [0.1, 0.15) is 37.0 Å². The van der Waals surface area contributed by atoms with Gasteiger partial charge in [0.25, 0.3) is 0 Å². The third kappa shape index (κ3) is 3.63. The Kier molecular flexibility index (Phi) is 4.77. The molecule has 2 rings (SSSR count). The minimum Gasteiger partial charge on any atom is -0.327 e. The lowest BCUT2D eigenvalue weighted by molar-refractivity contribution is -0.122. The molecule has 2 atom stereocenters. The molecule has 1 aromatic heterocycles. The zero-order chi connectivity index (χ0) is 12.3. The maximum atomic E-state index is 12.3. The van der Waals surface area contributed by atoms with Crippen LogP contribution in [0.25, 0.3) is 0 Å². The largest absolute Gasteiger partial charge is 0.327 e. The number of rotatable bonds is 3. The van der Waals surface area contributed by atoms with E-state index in [1.807, 2.05) is 11.4 Å². The first-order valence-electron chi connectivity index (χ1n) is 6.18. The molecule has 94 valence electrons. The monoisotopic (exact) mass is 315 g/mol. The molecule has 0 bridgehead atoms. The van der Waals surface area contributed by atoms with Crippen molar-refractivity contribution in [3.63, 3.8) is 0 Å². The number of hydrogen-bond donors (Lipinski definition) is 1. The summed E-state index contributed by atoms with van der Waals surface area (Å²) in [7, 11) is 0. The van der Waals surface area contributed by atoms with E-state index in [0.29, 0.717) is 12.2 Å². The second-order valence-electron chi connectivity index (χ2n) is 4.78. The van der Waals surface area contributed by atoms with E-state index in [2.05, 4.69) is 15.9 Å². The van der Waals surface area contributed by atoms with Gasteiger partial charge < -0.3 is 5.73 Å². The quantitative estimate of drug-likeness (QED) is 0.867. The first-order chi connectivity index (χ1) is 8.16. The fourth-order valence-electron chi connectivity index (χ4n) is 2.49. The number of carbonyl (C=O) groups is 1.